The van der Waals surface area contributed by atoms with Gasteiger partial charge in [-0.3, -0.25) is 4.79 Å². The molecule has 0 radical (unpaired) electrons. The normalized spacial score (nSPS) is 10.6. The Morgan fingerprint density at radius 3 is 2.53 bits per heavy atom. The van der Waals surface area contributed by atoms with Gasteiger partial charge in [-0.05, 0) is 42.5 Å². The average molecular weight is 454 g/mol. The number of ether oxygens (including phenoxy) is 2. The zero-order valence-corrected chi connectivity index (χ0v) is 17.8. The van der Waals surface area contributed by atoms with Crippen LogP contribution in [-0.4, -0.2) is 30.3 Å². The molecule has 0 unspecified atom stereocenters. The van der Waals surface area contributed by atoms with Crippen molar-refractivity contribution >= 4 is 23.2 Å². The van der Waals surface area contributed by atoms with Crippen LogP contribution < -0.4 is 14.8 Å². The third-order valence-electron chi connectivity index (χ3n) is 4.62. The van der Waals surface area contributed by atoms with Gasteiger partial charge >= 0.3 is 0 Å². The van der Waals surface area contributed by atoms with E-state index in [9.17, 15) is 9.18 Å². The molecule has 4 aromatic rings. The lowest BCUT2D eigenvalue weighted by Crippen LogP contribution is -2.14. The number of nitrogens with zero attached hydrogens (tertiary/aromatic N) is 2. The highest BCUT2D eigenvalue weighted by Crippen LogP contribution is 2.32. The molecule has 3 aromatic carbocycles. The number of benzene rings is 3. The van der Waals surface area contributed by atoms with Gasteiger partial charge in [0.2, 0.25) is 5.82 Å². The first-order chi connectivity index (χ1) is 15.5. The molecule has 1 heterocycles. The van der Waals surface area contributed by atoms with Gasteiger partial charge in [0.1, 0.15) is 5.82 Å². The fraction of sp³-hybridized carbons (Fsp3) is 0.0870. The van der Waals surface area contributed by atoms with Crippen molar-refractivity contribution in [2.75, 3.05) is 19.5 Å². The van der Waals surface area contributed by atoms with Crippen LogP contribution in [0, 0.1) is 5.82 Å². The summed E-state index contributed by atoms with van der Waals surface area (Å²) in [6, 6.07) is 16.1. The predicted molar refractivity (Wildman–Crippen MR) is 118 cm³/mol. The molecule has 4 rings (SSSR count). The number of hydrogen-bond acceptors (Lipinski definition) is 6. The number of halogens is 2. The molecule has 32 heavy (non-hydrogen) atoms. The molecule has 0 fully saturated rings. The van der Waals surface area contributed by atoms with E-state index in [0.29, 0.717) is 34.1 Å². The van der Waals surface area contributed by atoms with Crippen molar-refractivity contribution in [3.63, 3.8) is 0 Å². The molecular formula is C23H17ClFN3O4. The quantitative estimate of drug-likeness (QED) is 0.417. The van der Waals surface area contributed by atoms with Gasteiger partial charge < -0.3 is 19.3 Å². The van der Waals surface area contributed by atoms with Crippen LogP contribution in [0.2, 0.25) is 5.02 Å². The van der Waals surface area contributed by atoms with Crippen LogP contribution in [0.1, 0.15) is 10.4 Å². The number of rotatable bonds is 6. The van der Waals surface area contributed by atoms with E-state index in [-0.39, 0.29) is 16.5 Å². The maximum atomic E-state index is 14.0. The number of hydrogen-bond donors (Lipinski definition) is 1. The largest absolute Gasteiger partial charge is 0.493 e. The highest BCUT2D eigenvalue weighted by molar-refractivity contribution is 6.34. The van der Waals surface area contributed by atoms with Crippen molar-refractivity contribution < 1.29 is 23.2 Å². The Balaban J connectivity index is 1.58. The molecule has 0 aliphatic carbocycles. The molecule has 0 spiro atoms. The molecule has 7 nitrogen and oxygen atoms in total. The van der Waals surface area contributed by atoms with Gasteiger partial charge in [0.15, 0.2) is 11.5 Å². The second kappa shape index (κ2) is 9.07. The van der Waals surface area contributed by atoms with Crippen LogP contribution in [0.15, 0.2) is 65.2 Å². The highest BCUT2D eigenvalue weighted by Gasteiger charge is 2.17. The molecule has 0 aliphatic rings. The van der Waals surface area contributed by atoms with Crippen LogP contribution >= 0.6 is 11.6 Å². The summed E-state index contributed by atoms with van der Waals surface area (Å²) in [6.45, 7) is 0. The summed E-state index contributed by atoms with van der Waals surface area (Å²) < 4.78 is 29.9. The number of anilines is 1. The molecule has 0 bridgehead atoms. The predicted octanol–water partition coefficient (Wildman–Crippen LogP) is 5.47. The fourth-order valence-electron chi connectivity index (χ4n) is 3.07. The van der Waals surface area contributed by atoms with Crippen molar-refractivity contribution in [3.05, 3.63) is 77.1 Å². The van der Waals surface area contributed by atoms with Crippen molar-refractivity contribution in [2.45, 2.75) is 0 Å². The number of carbonyl (C=O) groups is 1. The minimum Gasteiger partial charge on any atom is -0.493 e. The Hall–Kier alpha value is -3.91. The van der Waals surface area contributed by atoms with E-state index in [4.69, 9.17) is 25.6 Å². The van der Waals surface area contributed by atoms with E-state index in [0.717, 1.165) is 0 Å². The molecule has 9 heteroatoms. The average Bonchev–Trinajstić information content (AvgIpc) is 3.29. The third-order valence-corrected chi connectivity index (χ3v) is 4.94. The Morgan fingerprint density at radius 2 is 1.78 bits per heavy atom. The van der Waals surface area contributed by atoms with Gasteiger partial charge in [-0.15, -0.1) is 0 Å². The Morgan fingerprint density at radius 1 is 1.00 bits per heavy atom. The lowest BCUT2D eigenvalue weighted by atomic mass is 10.1. The van der Waals surface area contributed by atoms with Crippen LogP contribution in [0.3, 0.4) is 0 Å². The molecule has 0 aliphatic heterocycles. The lowest BCUT2D eigenvalue weighted by Gasteiger charge is -2.08. The monoisotopic (exact) mass is 453 g/mol. The zero-order valence-electron chi connectivity index (χ0n) is 17.1. The van der Waals surface area contributed by atoms with Crippen molar-refractivity contribution in [2.24, 2.45) is 0 Å². The maximum Gasteiger partial charge on any atom is 0.260 e. The topological polar surface area (TPSA) is 86.5 Å². The Labute approximate surface area is 187 Å². The number of carbonyl (C=O) groups excluding carboxylic acids is 1. The van der Waals surface area contributed by atoms with Gasteiger partial charge in [0, 0.05) is 16.8 Å². The second-order valence-electron chi connectivity index (χ2n) is 6.62. The minimum absolute atomic E-state index is 0.0244. The van der Waals surface area contributed by atoms with E-state index < -0.39 is 11.7 Å². The second-order valence-corrected chi connectivity index (χ2v) is 7.03. The Kier molecular flexibility index (Phi) is 6.04. The summed E-state index contributed by atoms with van der Waals surface area (Å²) in [5.74, 6) is 0.340. The van der Waals surface area contributed by atoms with Crippen LogP contribution in [0.25, 0.3) is 22.8 Å². The van der Waals surface area contributed by atoms with E-state index >= 15 is 0 Å². The van der Waals surface area contributed by atoms with Crippen molar-refractivity contribution in [3.8, 4) is 34.3 Å². The first-order valence-corrected chi connectivity index (χ1v) is 9.80. The van der Waals surface area contributed by atoms with Crippen molar-refractivity contribution in [1.82, 2.24) is 10.1 Å². The lowest BCUT2D eigenvalue weighted by molar-refractivity contribution is 0.102. The van der Waals surface area contributed by atoms with Gasteiger partial charge in [-0.1, -0.05) is 35.0 Å². The van der Waals surface area contributed by atoms with Gasteiger partial charge in [0.25, 0.3) is 11.8 Å². The van der Waals surface area contributed by atoms with Gasteiger partial charge in [0.05, 0.1) is 24.8 Å². The Bertz CT molecular complexity index is 1270. The van der Waals surface area contributed by atoms with Crippen LogP contribution in [0.5, 0.6) is 11.5 Å². The number of amides is 1. The fourth-order valence-corrected chi connectivity index (χ4v) is 3.32. The third kappa shape index (κ3) is 4.26. The van der Waals surface area contributed by atoms with Crippen LogP contribution in [-0.2, 0) is 0 Å². The first kappa shape index (κ1) is 21.3. The number of aromatic nitrogens is 2. The van der Waals surface area contributed by atoms with Gasteiger partial charge in [-0.2, -0.15) is 4.98 Å². The molecule has 0 atom stereocenters. The molecule has 1 amide bonds. The highest BCUT2D eigenvalue weighted by atomic mass is 35.5. The minimum atomic E-state index is -0.705. The first-order valence-electron chi connectivity index (χ1n) is 9.42. The zero-order chi connectivity index (χ0) is 22.7. The van der Waals surface area contributed by atoms with Crippen LogP contribution in [0.4, 0.5) is 10.1 Å². The summed E-state index contributed by atoms with van der Waals surface area (Å²) in [5.41, 5.74) is 1.44. The van der Waals surface area contributed by atoms with Gasteiger partial charge in [-0.25, -0.2) is 4.39 Å². The summed E-state index contributed by atoms with van der Waals surface area (Å²) in [6.07, 6.45) is 0. The molecule has 1 aromatic heterocycles. The molecule has 0 saturated heterocycles. The number of methoxy groups -OCH3 is 2. The SMILES string of the molecule is COc1ccc(-c2nc(-c3cccc(NC(=O)c4c(F)cccc4Cl)c3)no2)cc1OC. The molecule has 0 saturated carbocycles. The number of nitrogens with one attached hydrogen (secondary N) is 1. The summed E-state index contributed by atoms with van der Waals surface area (Å²) >= 11 is 5.97. The van der Waals surface area contributed by atoms with E-state index in [2.05, 4.69) is 15.5 Å². The molecule has 162 valence electrons. The standard InChI is InChI=1S/C23H17ClFN3O4/c1-30-18-10-9-14(12-19(18)31-2)23-27-21(28-32-23)13-5-3-6-15(11-13)26-22(29)20-16(24)7-4-8-17(20)25/h3-12H,1-2H3,(H,26,29). The maximum absolute atomic E-state index is 14.0. The van der Waals surface area contributed by atoms with E-state index in [1.807, 2.05) is 0 Å². The summed E-state index contributed by atoms with van der Waals surface area (Å²) in [4.78, 5) is 16.9. The molecular weight excluding hydrogens is 437 g/mol. The van der Waals surface area contributed by atoms with E-state index in [1.54, 1.807) is 49.6 Å². The summed E-state index contributed by atoms with van der Waals surface area (Å²) in [5, 5.41) is 6.68. The van der Waals surface area contributed by atoms with E-state index in [1.165, 1.54) is 25.3 Å². The smallest absolute Gasteiger partial charge is 0.260 e. The molecule has 1 N–H and O–H groups in total. The van der Waals surface area contributed by atoms with Crippen molar-refractivity contribution in [1.29, 1.82) is 0 Å². The summed E-state index contributed by atoms with van der Waals surface area (Å²) in [7, 11) is 3.09.